The molecule has 25 heavy (non-hydrogen) atoms. The summed E-state index contributed by atoms with van der Waals surface area (Å²) in [5.41, 5.74) is 0.903. The lowest BCUT2D eigenvalue weighted by molar-refractivity contribution is -0.113. The number of carbonyl (C=O) groups is 1. The Morgan fingerprint density at radius 2 is 2.08 bits per heavy atom. The van der Waals surface area contributed by atoms with Gasteiger partial charge in [0.05, 0.1) is 18.6 Å². The minimum absolute atomic E-state index is 0.161. The van der Waals surface area contributed by atoms with Crippen molar-refractivity contribution in [1.82, 2.24) is 4.90 Å². The topological polar surface area (TPSA) is 51.1 Å². The molecule has 0 spiro atoms. The second kappa shape index (κ2) is 7.95. The van der Waals surface area contributed by atoms with E-state index in [-0.39, 0.29) is 5.91 Å². The molecule has 1 aromatic rings. The SMILES string of the molecule is CCOc1ccc(/C=C2\SC(N3CCC(C)CC3)=NC2=O)cc1OC. The van der Waals surface area contributed by atoms with Crippen molar-refractivity contribution in [2.75, 3.05) is 26.8 Å². The molecule has 0 saturated carbocycles. The molecule has 1 saturated heterocycles. The van der Waals surface area contributed by atoms with Gasteiger partial charge in [-0.05, 0) is 61.2 Å². The number of hydrogen-bond donors (Lipinski definition) is 0. The fraction of sp³-hybridized carbons (Fsp3) is 0.474. The summed E-state index contributed by atoms with van der Waals surface area (Å²) in [5.74, 6) is 1.96. The summed E-state index contributed by atoms with van der Waals surface area (Å²) in [5, 5.41) is 0.834. The number of benzene rings is 1. The van der Waals surface area contributed by atoms with Gasteiger partial charge in [0.15, 0.2) is 16.7 Å². The molecule has 0 N–H and O–H groups in total. The monoisotopic (exact) mass is 360 g/mol. The molecule has 0 atom stereocenters. The van der Waals surface area contributed by atoms with Crippen molar-refractivity contribution in [2.24, 2.45) is 10.9 Å². The molecule has 0 radical (unpaired) electrons. The lowest BCUT2D eigenvalue weighted by atomic mass is 10.00. The fourth-order valence-corrected chi connectivity index (χ4v) is 3.90. The highest BCUT2D eigenvalue weighted by Crippen LogP contribution is 2.34. The first kappa shape index (κ1) is 17.9. The first-order valence-corrected chi connectivity index (χ1v) is 9.50. The van der Waals surface area contributed by atoms with Crippen molar-refractivity contribution < 1.29 is 14.3 Å². The Balaban J connectivity index is 1.73. The van der Waals surface area contributed by atoms with Crippen molar-refractivity contribution in [1.29, 1.82) is 0 Å². The number of amides is 1. The Morgan fingerprint density at radius 3 is 2.76 bits per heavy atom. The van der Waals surface area contributed by atoms with E-state index in [0.29, 0.717) is 23.0 Å². The molecule has 5 nitrogen and oxygen atoms in total. The second-order valence-electron chi connectivity index (χ2n) is 6.32. The van der Waals surface area contributed by atoms with Crippen LogP contribution >= 0.6 is 11.8 Å². The average molecular weight is 360 g/mol. The number of hydrogen-bond acceptors (Lipinski definition) is 5. The largest absolute Gasteiger partial charge is 0.493 e. The zero-order valence-corrected chi connectivity index (χ0v) is 15.8. The molecule has 6 heteroatoms. The predicted octanol–water partition coefficient (Wildman–Crippen LogP) is 3.80. The summed E-state index contributed by atoms with van der Waals surface area (Å²) in [6.07, 6.45) is 4.18. The number of methoxy groups -OCH3 is 1. The number of aliphatic imine (C=N–C) groups is 1. The molecule has 2 heterocycles. The van der Waals surface area contributed by atoms with E-state index in [9.17, 15) is 4.79 Å². The van der Waals surface area contributed by atoms with Crippen molar-refractivity contribution in [2.45, 2.75) is 26.7 Å². The van der Waals surface area contributed by atoms with Crippen LogP contribution in [0.4, 0.5) is 0 Å². The molecular formula is C19H24N2O3S. The van der Waals surface area contributed by atoms with Crippen LogP contribution in [0, 0.1) is 5.92 Å². The third-order valence-corrected chi connectivity index (χ3v) is 5.49. The summed E-state index contributed by atoms with van der Waals surface area (Å²) in [7, 11) is 1.61. The lowest BCUT2D eigenvalue weighted by Crippen LogP contribution is -2.35. The van der Waals surface area contributed by atoms with Gasteiger partial charge in [0.25, 0.3) is 5.91 Å². The number of piperidine rings is 1. The van der Waals surface area contributed by atoms with E-state index < -0.39 is 0 Å². The normalized spacial score (nSPS) is 20.1. The van der Waals surface area contributed by atoms with E-state index >= 15 is 0 Å². The van der Waals surface area contributed by atoms with E-state index in [1.807, 2.05) is 31.2 Å². The number of thioether (sulfide) groups is 1. The van der Waals surface area contributed by atoms with E-state index in [2.05, 4.69) is 16.8 Å². The summed E-state index contributed by atoms with van der Waals surface area (Å²) in [6.45, 7) is 6.74. The Labute approximate surface area is 153 Å². The molecule has 3 rings (SSSR count). The molecule has 0 aliphatic carbocycles. The predicted molar refractivity (Wildman–Crippen MR) is 102 cm³/mol. The molecular weight excluding hydrogens is 336 g/mol. The number of nitrogens with zero attached hydrogens (tertiary/aromatic N) is 2. The molecule has 1 amide bonds. The fourth-order valence-electron chi connectivity index (χ4n) is 2.93. The molecule has 134 valence electrons. The smallest absolute Gasteiger partial charge is 0.286 e. The third-order valence-electron chi connectivity index (χ3n) is 4.45. The maximum Gasteiger partial charge on any atom is 0.286 e. The van der Waals surface area contributed by atoms with Crippen molar-refractivity contribution >= 4 is 28.9 Å². The number of ether oxygens (including phenoxy) is 2. The van der Waals surface area contributed by atoms with E-state index in [1.165, 1.54) is 11.8 Å². The molecule has 0 unspecified atom stereocenters. The van der Waals surface area contributed by atoms with Gasteiger partial charge in [-0.15, -0.1) is 0 Å². The van der Waals surface area contributed by atoms with E-state index in [4.69, 9.17) is 9.47 Å². The Bertz CT molecular complexity index is 707. The van der Waals surface area contributed by atoms with Gasteiger partial charge in [-0.2, -0.15) is 4.99 Å². The third kappa shape index (κ3) is 4.18. The zero-order valence-electron chi connectivity index (χ0n) is 14.9. The van der Waals surface area contributed by atoms with E-state index in [1.54, 1.807) is 7.11 Å². The van der Waals surface area contributed by atoms with Gasteiger partial charge in [0.2, 0.25) is 0 Å². The van der Waals surface area contributed by atoms with Gasteiger partial charge < -0.3 is 14.4 Å². The minimum atomic E-state index is -0.161. The van der Waals surface area contributed by atoms with E-state index in [0.717, 1.165) is 42.6 Å². The van der Waals surface area contributed by atoms with Crippen LogP contribution in [-0.2, 0) is 4.79 Å². The highest BCUT2D eigenvalue weighted by Gasteiger charge is 2.28. The first-order chi connectivity index (χ1) is 12.1. The van der Waals surface area contributed by atoms with Crippen LogP contribution in [0.2, 0.25) is 0 Å². The van der Waals surface area contributed by atoms with Gasteiger partial charge in [0, 0.05) is 13.1 Å². The summed E-state index contributed by atoms with van der Waals surface area (Å²) in [6, 6.07) is 5.67. The first-order valence-electron chi connectivity index (χ1n) is 8.69. The molecule has 2 aliphatic rings. The molecule has 1 aromatic carbocycles. The number of amidine groups is 1. The summed E-state index contributed by atoms with van der Waals surface area (Å²) < 4.78 is 10.9. The van der Waals surface area contributed by atoms with Crippen LogP contribution in [0.3, 0.4) is 0 Å². The average Bonchev–Trinajstić information content (AvgIpc) is 2.97. The second-order valence-corrected chi connectivity index (χ2v) is 7.33. The minimum Gasteiger partial charge on any atom is -0.493 e. The highest BCUT2D eigenvalue weighted by molar-refractivity contribution is 8.18. The molecule has 1 fully saturated rings. The van der Waals surface area contributed by atoms with Crippen molar-refractivity contribution in [3.63, 3.8) is 0 Å². The number of likely N-dealkylation sites (tertiary alicyclic amines) is 1. The Morgan fingerprint density at radius 1 is 1.32 bits per heavy atom. The van der Waals surface area contributed by atoms with Crippen LogP contribution in [0.1, 0.15) is 32.3 Å². The van der Waals surface area contributed by atoms with Crippen molar-refractivity contribution in [3.05, 3.63) is 28.7 Å². The maximum absolute atomic E-state index is 12.3. The van der Waals surface area contributed by atoms with Crippen LogP contribution in [-0.4, -0.2) is 42.8 Å². The van der Waals surface area contributed by atoms with Crippen LogP contribution < -0.4 is 9.47 Å². The quantitative estimate of drug-likeness (QED) is 0.765. The van der Waals surface area contributed by atoms with Gasteiger partial charge >= 0.3 is 0 Å². The molecule has 2 aliphatic heterocycles. The van der Waals surface area contributed by atoms with Gasteiger partial charge in [-0.25, -0.2) is 0 Å². The van der Waals surface area contributed by atoms with Gasteiger partial charge in [0.1, 0.15) is 0 Å². The zero-order chi connectivity index (χ0) is 17.8. The van der Waals surface area contributed by atoms with Crippen LogP contribution in [0.5, 0.6) is 11.5 Å². The summed E-state index contributed by atoms with van der Waals surface area (Å²) in [4.78, 5) is 19.4. The number of rotatable bonds is 4. The highest BCUT2D eigenvalue weighted by atomic mass is 32.2. The molecule has 0 bridgehead atoms. The summed E-state index contributed by atoms with van der Waals surface area (Å²) >= 11 is 1.46. The van der Waals surface area contributed by atoms with Crippen LogP contribution in [0.15, 0.2) is 28.1 Å². The van der Waals surface area contributed by atoms with Crippen LogP contribution in [0.25, 0.3) is 6.08 Å². The maximum atomic E-state index is 12.3. The van der Waals surface area contributed by atoms with Crippen molar-refractivity contribution in [3.8, 4) is 11.5 Å². The van der Waals surface area contributed by atoms with Gasteiger partial charge in [-0.3, -0.25) is 4.79 Å². The standard InChI is InChI=1S/C19H24N2O3S/c1-4-24-15-6-5-14(11-16(15)23-3)12-17-18(22)20-19(25-17)21-9-7-13(2)8-10-21/h5-6,11-13H,4,7-10H2,1-3H3/b17-12-. The Kier molecular flexibility index (Phi) is 5.68. The number of carbonyl (C=O) groups excluding carboxylic acids is 1. The molecule has 0 aromatic heterocycles. The lowest BCUT2D eigenvalue weighted by Gasteiger charge is -2.30. The Hall–Kier alpha value is -1.95. The van der Waals surface area contributed by atoms with Gasteiger partial charge in [-0.1, -0.05) is 13.0 Å².